The van der Waals surface area contributed by atoms with E-state index in [0.717, 1.165) is 5.56 Å². The Hall–Kier alpha value is -1.15. The van der Waals surface area contributed by atoms with Crippen molar-refractivity contribution in [1.29, 1.82) is 0 Å². The smallest absolute Gasteiger partial charge is 0.126 e. The number of methoxy groups -OCH3 is 1. The molecule has 0 atom stereocenters. The lowest BCUT2D eigenvalue weighted by molar-refractivity contribution is 0.234. The average Bonchev–Trinajstić information content (AvgIpc) is 2.12. The molecule has 13 heavy (non-hydrogen) atoms. The van der Waals surface area contributed by atoms with Crippen LogP contribution in [0.3, 0.4) is 0 Å². The first-order chi connectivity index (χ1) is 6.24. The Morgan fingerprint density at radius 2 is 2.23 bits per heavy atom. The molecule has 1 aromatic carbocycles. The summed E-state index contributed by atoms with van der Waals surface area (Å²) in [4.78, 5) is 0. The van der Waals surface area contributed by atoms with Gasteiger partial charge >= 0.3 is 0 Å². The topological polar surface area (TPSA) is 9.23 Å². The molecule has 0 aliphatic rings. The lowest BCUT2D eigenvalue weighted by atomic mass is 10.1. The highest BCUT2D eigenvalue weighted by atomic mass is 19.1. The number of benzene rings is 1. The van der Waals surface area contributed by atoms with Crippen molar-refractivity contribution in [3.63, 3.8) is 0 Å². The summed E-state index contributed by atoms with van der Waals surface area (Å²) in [5.74, 6) is -0.163. The van der Waals surface area contributed by atoms with Gasteiger partial charge in [-0.3, -0.25) is 0 Å². The molecule has 0 aliphatic heterocycles. The zero-order valence-electron chi connectivity index (χ0n) is 7.88. The second-order valence-electron chi connectivity index (χ2n) is 2.87. The van der Waals surface area contributed by atoms with Gasteiger partial charge in [-0.2, -0.15) is 0 Å². The van der Waals surface area contributed by atoms with Crippen molar-refractivity contribution in [2.45, 2.75) is 6.92 Å². The monoisotopic (exact) mass is 180 g/mol. The molecule has 0 spiro atoms. The predicted octanol–water partition coefficient (Wildman–Crippen LogP) is 2.79. The zero-order chi connectivity index (χ0) is 9.68. The van der Waals surface area contributed by atoms with Crippen molar-refractivity contribution in [3.05, 3.63) is 41.2 Å². The SMILES string of the molecule is COC/C=C/c1ccc(F)c(C)c1. The highest BCUT2D eigenvalue weighted by Crippen LogP contribution is 2.10. The Morgan fingerprint density at radius 3 is 2.85 bits per heavy atom. The van der Waals surface area contributed by atoms with Crippen molar-refractivity contribution in [3.8, 4) is 0 Å². The Labute approximate surface area is 77.8 Å². The quantitative estimate of drug-likeness (QED) is 0.695. The molecule has 0 fully saturated rings. The third kappa shape index (κ3) is 2.99. The minimum atomic E-state index is -0.163. The first-order valence-electron chi connectivity index (χ1n) is 4.15. The summed E-state index contributed by atoms with van der Waals surface area (Å²) in [6, 6.07) is 5.03. The summed E-state index contributed by atoms with van der Waals surface area (Å²) < 4.78 is 17.7. The van der Waals surface area contributed by atoms with Crippen molar-refractivity contribution in [2.75, 3.05) is 13.7 Å². The number of rotatable bonds is 3. The van der Waals surface area contributed by atoms with Gasteiger partial charge in [0.25, 0.3) is 0 Å². The van der Waals surface area contributed by atoms with Crippen molar-refractivity contribution in [2.24, 2.45) is 0 Å². The minimum absolute atomic E-state index is 0.163. The maximum atomic E-state index is 12.8. The van der Waals surface area contributed by atoms with Gasteiger partial charge in [-0.05, 0) is 30.2 Å². The molecule has 0 N–H and O–H groups in total. The van der Waals surface area contributed by atoms with Crippen LogP contribution >= 0.6 is 0 Å². The van der Waals surface area contributed by atoms with Crippen LogP contribution in [-0.4, -0.2) is 13.7 Å². The first kappa shape index (κ1) is 9.93. The van der Waals surface area contributed by atoms with Gasteiger partial charge in [-0.15, -0.1) is 0 Å². The molecule has 1 nitrogen and oxygen atoms in total. The van der Waals surface area contributed by atoms with Crippen LogP contribution in [0.25, 0.3) is 6.08 Å². The molecule has 1 aromatic rings. The van der Waals surface area contributed by atoms with E-state index in [-0.39, 0.29) is 5.82 Å². The van der Waals surface area contributed by atoms with E-state index in [2.05, 4.69) is 0 Å². The van der Waals surface area contributed by atoms with E-state index in [1.165, 1.54) is 6.07 Å². The average molecular weight is 180 g/mol. The number of halogens is 1. The number of aryl methyl sites for hydroxylation is 1. The summed E-state index contributed by atoms with van der Waals surface area (Å²) in [5, 5.41) is 0. The molecular weight excluding hydrogens is 167 g/mol. The fraction of sp³-hybridized carbons (Fsp3) is 0.273. The van der Waals surface area contributed by atoms with Crippen LogP contribution in [0.5, 0.6) is 0 Å². The maximum absolute atomic E-state index is 12.8. The first-order valence-corrected chi connectivity index (χ1v) is 4.15. The predicted molar refractivity (Wildman–Crippen MR) is 52.0 cm³/mol. The molecule has 0 aromatic heterocycles. The van der Waals surface area contributed by atoms with Crippen LogP contribution in [0.15, 0.2) is 24.3 Å². The summed E-state index contributed by atoms with van der Waals surface area (Å²) in [5.41, 5.74) is 1.66. The molecule has 0 heterocycles. The van der Waals surface area contributed by atoms with E-state index in [1.54, 1.807) is 20.1 Å². The Balaban J connectivity index is 2.73. The largest absolute Gasteiger partial charge is 0.381 e. The lowest BCUT2D eigenvalue weighted by Gasteiger charge is -1.97. The van der Waals surface area contributed by atoms with Gasteiger partial charge in [-0.25, -0.2) is 4.39 Å². The van der Waals surface area contributed by atoms with Crippen molar-refractivity contribution >= 4 is 6.08 Å². The third-order valence-corrected chi connectivity index (χ3v) is 1.76. The van der Waals surface area contributed by atoms with Gasteiger partial charge in [0, 0.05) is 7.11 Å². The van der Waals surface area contributed by atoms with Crippen LogP contribution in [0.1, 0.15) is 11.1 Å². The fourth-order valence-corrected chi connectivity index (χ4v) is 1.05. The molecule has 2 heteroatoms. The molecule has 0 amide bonds. The highest BCUT2D eigenvalue weighted by molar-refractivity contribution is 5.50. The standard InChI is InChI=1S/C11H13FO/c1-9-8-10(4-3-7-13-2)5-6-11(9)12/h3-6,8H,7H2,1-2H3/b4-3+. The third-order valence-electron chi connectivity index (χ3n) is 1.76. The normalized spacial score (nSPS) is 11.0. The molecule has 0 aliphatic carbocycles. The van der Waals surface area contributed by atoms with Crippen molar-refractivity contribution in [1.82, 2.24) is 0 Å². The van der Waals surface area contributed by atoms with E-state index >= 15 is 0 Å². The van der Waals surface area contributed by atoms with Gasteiger partial charge in [0.05, 0.1) is 6.61 Å². The van der Waals surface area contributed by atoms with E-state index in [9.17, 15) is 4.39 Å². The summed E-state index contributed by atoms with van der Waals surface area (Å²) in [7, 11) is 1.64. The summed E-state index contributed by atoms with van der Waals surface area (Å²) >= 11 is 0. The van der Waals surface area contributed by atoms with E-state index in [1.807, 2.05) is 18.2 Å². The van der Waals surface area contributed by atoms with E-state index in [0.29, 0.717) is 12.2 Å². The van der Waals surface area contributed by atoms with Crippen LogP contribution in [0.2, 0.25) is 0 Å². The maximum Gasteiger partial charge on any atom is 0.126 e. The number of ether oxygens (including phenoxy) is 1. The number of hydrogen-bond donors (Lipinski definition) is 0. The van der Waals surface area contributed by atoms with Crippen LogP contribution in [0.4, 0.5) is 4.39 Å². The second-order valence-corrected chi connectivity index (χ2v) is 2.87. The van der Waals surface area contributed by atoms with Gasteiger partial charge in [-0.1, -0.05) is 18.2 Å². The van der Waals surface area contributed by atoms with Crippen LogP contribution < -0.4 is 0 Å². The summed E-state index contributed by atoms with van der Waals surface area (Å²) in [6.45, 7) is 2.33. The van der Waals surface area contributed by atoms with E-state index in [4.69, 9.17) is 4.74 Å². The Kier molecular flexibility index (Phi) is 3.65. The molecule has 0 bridgehead atoms. The van der Waals surface area contributed by atoms with Crippen molar-refractivity contribution < 1.29 is 9.13 Å². The van der Waals surface area contributed by atoms with Gasteiger partial charge in [0.2, 0.25) is 0 Å². The number of hydrogen-bond acceptors (Lipinski definition) is 1. The molecule has 0 saturated carbocycles. The van der Waals surface area contributed by atoms with Gasteiger partial charge < -0.3 is 4.74 Å². The Bertz CT molecular complexity index is 305. The molecule has 1 rings (SSSR count). The highest BCUT2D eigenvalue weighted by Gasteiger charge is 1.95. The zero-order valence-corrected chi connectivity index (χ0v) is 7.88. The molecule has 70 valence electrons. The van der Waals surface area contributed by atoms with Gasteiger partial charge in [0.15, 0.2) is 0 Å². The molecular formula is C11H13FO. The molecule has 0 radical (unpaired) electrons. The van der Waals surface area contributed by atoms with Crippen LogP contribution in [0, 0.1) is 12.7 Å². The summed E-state index contributed by atoms with van der Waals surface area (Å²) in [6.07, 6.45) is 3.81. The molecule has 0 saturated heterocycles. The van der Waals surface area contributed by atoms with E-state index < -0.39 is 0 Å². The lowest BCUT2D eigenvalue weighted by Crippen LogP contribution is -1.84. The Morgan fingerprint density at radius 1 is 1.46 bits per heavy atom. The molecule has 0 unspecified atom stereocenters. The minimum Gasteiger partial charge on any atom is -0.381 e. The van der Waals surface area contributed by atoms with Crippen LogP contribution in [-0.2, 0) is 4.74 Å². The second kappa shape index (κ2) is 4.77. The fourth-order valence-electron chi connectivity index (χ4n) is 1.05. The van der Waals surface area contributed by atoms with Gasteiger partial charge in [0.1, 0.15) is 5.82 Å².